The molecule has 1 N–H and O–H groups in total. The molecular formula is C22H19F2N3O3. The van der Waals surface area contributed by atoms with Crippen LogP contribution in [0.15, 0.2) is 59.5 Å². The van der Waals surface area contributed by atoms with Crippen LogP contribution in [0.1, 0.15) is 40.5 Å². The molecular weight excluding hydrogens is 392 g/mol. The molecule has 0 bridgehead atoms. The van der Waals surface area contributed by atoms with E-state index in [1.165, 1.54) is 33.8 Å². The average molecular weight is 411 g/mol. The summed E-state index contributed by atoms with van der Waals surface area (Å²) in [7, 11) is 0. The standard InChI is InChI=1S/C22H19F2N3O3/c1-2-26-12-17(27-20(22(26)30)21(29)18(28)11-25-27)19(13-5-3-7-15(23)9-13)14-6-4-8-16(24)10-14/h3-11,17,19,29H,2,12H2,1H3/t17-/m0/s1. The van der Waals surface area contributed by atoms with Crippen LogP contribution in [0.4, 0.5) is 8.78 Å². The van der Waals surface area contributed by atoms with E-state index in [0.717, 1.165) is 6.20 Å². The largest absolute Gasteiger partial charge is 0.502 e. The van der Waals surface area contributed by atoms with Gasteiger partial charge in [-0.1, -0.05) is 24.3 Å². The van der Waals surface area contributed by atoms with Gasteiger partial charge in [0.15, 0.2) is 11.4 Å². The Hall–Kier alpha value is -3.55. The maximum atomic E-state index is 14.1. The van der Waals surface area contributed by atoms with Crippen LogP contribution in [0.2, 0.25) is 0 Å². The maximum absolute atomic E-state index is 14.1. The monoisotopic (exact) mass is 411 g/mol. The van der Waals surface area contributed by atoms with Crippen LogP contribution in [-0.2, 0) is 0 Å². The van der Waals surface area contributed by atoms with E-state index in [-0.39, 0.29) is 12.2 Å². The first kappa shape index (κ1) is 19.8. The number of fused-ring (bicyclic) bond motifs is 1. The van der Waals surface area contributed by atoms with Crippen molar-refractivity contribution in [2.75, 3.05) is 13.1 Å². The van der Waals surface area contributed by atoms with E-state index in [4.69, 9.17) is 0 Å². The number of amides is 1. The lowest BCUT2D eigenvalue weighted by atomic mass is 9.83. The molecule has 0 spiro atoms. The molecule has 6 nitrogen and oxygen atoms in total. The van der Waals surface area contributed by atoms with Crippen molar-refractivity contribution in [1.29, 1.82) is 0 Å². The van der Waals surface area contributed by atoms with Crippen LogP contribution < -0.4 is 5.43 Å². The number of benzene rings is 2. The number of rotatable bonds is 4. The number of aromatic hydroxyl groups is 1. The molecule has 2 aromatic carbocycles. The van der Waals surface area contributed by atoms with Gasteiger partial charge >= 0.3 is 0 Å². The van der Waals surface area contributed by atoms with E-state index in [0.29, 0.717) is 17.7 Å². The Balaban J connectivity index is 1.97. The maximum Gasteiger partial charge on any atom is 0.276 e. The lowest BCUT2D eigenvalue weighted by Crippen LogP contribution is -2.46. The molecule has 2 heterocycles. The van der Waals surface area contributed by atoms with Gasteiger partial charge in [-0.3, -0.25) is 14.3 Å². The second-order valence-corrected chi connectivity index (χ2v) is 7.15. The quantitative estimate of drug-likeness (QED) is 0.716. The first-order valence-corrected chi connectivity index (χ1v) is 9.51. The molecule has 8 heteroatoms. The fraction of sp³-hybridized carbons (Fsp3) is 0.227. The van der Waals surface area contributed by atoms with Crippen LogP contribution in [-0.4, -0.2) is 38.8 Å². The van der Waals surface area contributed by atoms with Crippen molar-refractivity contribution < 1.29 is 18.7 Å². The number of carbonyl (C=O) groups is 1. The van der Waals surface area contributed by atoms with E-state index >= 15 is 0 Å². The first-order chi connectivity index (χ1) is 14.4. The van der Waals surface area contributed by atoms with Gasteiger partial charge in [0.2, 0.25) is 5.43 Å². The molecule has 30 heavy (non-hydrogen) atoms. The molecule has 1 amide bonds. The third-order valence-electron chi connectivity index (χ3n) is 5.38. The van der Waals surface area contributed by atoms with E-state index in [1.807, 2.05) is 0 Å². The highest BCUT2D eigenvalue weighted by Crippen LogP contribution is 2.39. The summed E-state index contributed by atoms with van der Waals surface area (Å²) >= 11 is 0. The highest BCUT2D eigenvalue weighted by molar-refractivity contribution is 5.95. The summed E-state index contributed by atoms with van der Waals surface area (Å²) in [5.41, 5.74) is 0.127. The van der Waals surface area contributed by atoms with Crippen molar-refractivity contribution in [3.63, 3.8) is 0 Å². The molecule has 1 aliphatic heterocycles. The molecule has 1 aromatic heterocycles. The Morgan fingerprint density at radius 1 is 1.10 bits per heavy atom. The Bertz CT molecular complexity index is 1130. The Kier molecular flexibility index (Phi) is 5.07. The van der Waals surface area contributed by atoms with Crippen molar-refractivity contribution in [3.8, 4) is 5.75 Å². The number of hydrogen-bond donors (Lipinski definition) is 1. The number of carbonyl (C=O) groups excluding carboxylic acids is 1. The molecule has 0 radical (unpaired) electrons. The summed E-state index contributed by atoms with van der Waals surface area (Å²) < 4.78 is 29.4. The fourth-order valence-electron chi connectivity index (χ4n) is 4.00. The van der Waals surface area contributed by atoms with E-state index in [1.54, 1.807) is 31.2 Å². The summed E-state index contributed by atoms with van der Waals surface area (Å²) in [6, 6.07) is 11.3. The summed E-state index contributed by atoms with van der Waals surface area (Å²) in [5.74, 6) is -2.70. The Labute approximate surface area is 171 Å². The molecule has 1 aliphatic rings. The number of nitrogens with zero attached hydrogens (tertiary/aromatic N) is 3. The molecule has 0 unspecified atom stereocenters. The van der Waals surface area contributed by atoms with Gasteiger partial charge in [0, 0.05) is 19.0 Å². The summed E-state index contributed by atoms with van der Waals surface area (Å²) in [6.07, 6.45) is 0.939. The second kappa shape index (κ2) is 7.70. The highest BCUT2D eigenvalue weighted by atomic mass is 19.1. The third-order valence-corrected chi connectivity index (χ3v) is 5.38. The normalized spacial score (nSPS) is 16.1. The van der Waals surface area contributed by atoms with Gasteiger partial charge < -0.3 is 10.0 Å². The minimum atomic E-state index is -0.764. The topological polar surface area (TPSA) is 75.4 Å². The lowest BCUT2D eigenvalue weighted by Gasteiger charge is -2.38. The van der Waals surface area contributed by atoms with Crippen molar-refractivity contribution >= 4 is 5.91 Å². The van der Waals surface area contributed by atoms with E-state index in [9.17, 15) is 23.5 Å². The van der Waals surface area contributed by atoms with Gasteiger partial charge in [-0.2, -0.15) is 5.10 Å². The molecule has 1 atom stereocenters. The SMILES string of the molecule is CCN1C[C@@H](C(c2cccc(F)c2)c2cccc(F)c2)n2ncc(=O)c(O)c2C1=O. The lowest BCUT2D eigenvalue weighted by molar-refractivity contribution is 0.0645. The third kappa shape index (κ3) is 3.34. The number of hydrogen-bond acceptors (Lipinski definition) is 4. The minimum absolute atomic E-state index is 0.190. The fourth-order valence-corrected chi connectivity index (χ4v) is 4.00. The summed E-state index contributed by atoms with van der Waals surface area (Å²) in [6.45, 7) is 2.29. The van der Waals surface area contributed by atoms with Crippen molar-refractivity contribution in [2.45, 2.75) is 18.9 Å². The van der Waals surface area contributed by atoms with Crippen LogP contribution >= 0.6 is 0 Å². The van der Waals surface area contributed by atoms with Crippen LogP contribution in [0, 0.1) is 11.6 Å². The van der Waals surface area contributed by atoms with Crippen LogP contribution in [0.25, 0.3) is 0 Å². The molecule has 4 rings (SSSR count). The molecule has 0 saturated carbocycles. The van der Waals surface area contributed by atoms with Crippen LogP contribution in [0.5, 0.6) is 5.75 Å². The van der Waals surface area contributed by atoms with Gasteiger partial charge in [-0.25, -0.2) is 8.78 Å². The number of likely N-dealkylation sites (N-methyl/N-ethyl adjacent to an activating group) is 1. The number of halogens is 2. The predicted molar refractivity (Wildman–Crippen MR) is 105 cm³/mol. The summed E-state index contributed by atoms with van der Waals surface area (Å²) in [5, 5.41) is 14.4. The average Bonchev–Trinajstić information content (AvgIpc) is 2.72. The first-order valence-electron chi connectivity index (χ1n) is 9.51. The van der Waals surface area contributed by atoms with Crippen LogP contribution in [0.3, 0.4) is 0 Å². The van der Waals surface area contributed by atoms with Gasteiger partial charge in [0.05, 0.1) is 12.2 Å². The van der Waals surface area contributed by atoms with Gasteiger partial charge in [0.1, 0.15) is 11.6 Å². The van der Waals surface area contributed by atoms with E-state index in [2.05, 4.69) is 5.10 Å². The van der Waals surface area contributed by atoms with Crippen molar-refractivity contribution in [3.05, 3.63) is 93.4 Å². The Morgan fingerprint density at radius 2 is 1.70 bits per heavy atom. The van der Waals surface area contributed by atoms with Gasteiger partial charge in [0.25, 0.3) is 5.91 Å². The molecule has 154 valence electrons. The zero-order valence-corrected chi connectivity index (χ0v) is 16.1. The summed E-state index contributed by atoms with van der Waals surface area (Å²) in [4.78, 5) is 26.2. The second-order valence-electron chi connectivity index (χ2n) is 7.15. The zero-order chi connectivity index (χ0) is 21.4. The molecule has 0 fully saturated rings. The predicted octanol–water partition coefficient (Wildman–Crippen LogP) is 3.08. The van der Waals surface area contributed by atoms with Gasteiger partial charge in [-0.15, -0.1) is 0 Å². The van der Waals surface area contributed by atoms with E-state index < -0.39 is 40.7 Å². The Morgan fingerprint density at radius 3 is 2.23 bits per heavy atom. The highest BCUT2D eigenvalue weighted by Gasteiger charge is 2.39. The number of aromatic nitrogens is 2. The molecule has 0 saturated heterocycles. The molecule has 0 aliphatic carbocycles. The smallest absolute Gasteiger partial charge is 0.276 e. The minimum Gasteiger partial charge on any atom is -0.502 e. The van der Waals surface area contributed by atoms with Crippen molar-refractivity contribution in [2.24, 2.45) is 0 Å². The molecule has 3 aromatic rings. The van der Waals surface area contributed by atoms with Crippen molar-refractivity contribution in [1.82, 2.24) is 14.7 Å². The zero-order valence-electron chi connectivity index (χ0n) is 16.1. The van der Waals surface area contributed by atoms with Gasteiger partial charge in [-0.05, 0) is 42.3 Å².